The van der Waals surface area contributed by atoms with Crippen molar-refractivity contribution in [3.8, 4) is 0 Å². The zero-order valence-corrected chi connectivity index (χ0v) is 12.4. The van der Waals surface area contributed by atoms with Gasteiger partial charge in [0.05, 0.1) is 19.3 Å². The number of nitrogens with zero attached hydrogens (tertiary/aromatic N) is 1. The van der Waals surface area contributed by atoms with Crippen molar-refractivity contribution in [3.05, 3.63) is 35.2 Å². The third-order valence-corrected chi connectivity index (χ3v) is 4.89. The van der Waals surface area contributed by atoms with E-state index >= 15 is 0 Å². The Morgan fingerprint density at radius 2 is 2.20 bits per heavy atom. The van der Waals surface area contributed by atoms with Crippen molar-refractivity contribution in [3.63, 3.8) is 0 Å². The number of thiophene rings is 1. The molecule has 1 aliphatic heterocycles. The molecule has 2 aromatic rings. The van der Waals surface area contributed by atoms with Crippen molar-refractivity contribution in [2.45, 2.75) is 18.9 Å². The highest BCUT2D eigenvalue weighted by Crippen LogP contribution is 2.25. The Hall–Kier alpha value is -0.940. The summed E-state index contributed by atoms with van der Waals surface area (Å²) < 4.78 is 7.09. The Morgan fingerprint density at radius 1 is 1.30 bits per heavy atom. The highest BCUT2D eigenvalue weighted by molar-refractivity contribution is 7.17. The number of fused-ring (bicyclic) bond motifs is 1. The van der Waals surface area contributed by atoms with E-state index in [9.17, 15) is 5.11 Å². The Morgan fingerprint density at radius 3 is 3.05 bits per heavy atom. The van der Waals surface area contributed by atoms with Crippen LogP contribution in [0.2, 0.25) is 0 Å². The molecular weight excluding hydrogens is 270 g/mol. The van der Waals surface area contributed by atoms with Crippen LogP contribution in [-0.4, -0.2) is 49.0 Å². The van der Waals surface area contributed by atoms with Crippen LogP contribution in [0, 0.1) is 0 Å². The van der Waals surface area contributed by atoms with Crippen LogP contribution in [0.15, 0.2) is 29.6 Å². The zero-order chi connectivity index (χ0) is 13.8. The predicted molar refractivity (Wildman–Crippen MR) is 83.4 cm³/mol. The molecular formula is C16H21NO2S. The number of benzene rings is 1. The molecule has 1 atom stereocenters. The third-order valence-electron chi connectivity index (χ3n) is 3.88. The molecule has 1 aliphatic rings. The summed E-state index contributed by atoms with van der Waals surface area (Å²) in [6, 6.07) is 8.54. The van der Waals surface area contributed by atoms with E-state index in [1.54, 1.807) is 11.3 Å². The molecule has 1 fully saturated rings. The van der Waals surface area contributed by atoms with Gasteiger partial charge >= 0.3 is 0 Å². The number of hydrogen-bond acceptors (Lipinski definition) is 4. The summed E-state index contributed by atoms with van der Waals surface area (Å²) in [4.78, 5) is 2.27. The number of likely N-dealkylation sites (tertiary alicyclic amines) is 1. The summed E-state index contributed by atoms with van der Waals surface area (Å²) in [5.41, 5.74) is 1.39. The topological polar surface area (TPSA) is 32.7 Å². The first-order valence-electron chi connectivity index (χ1n) is 7.26. The lowest BCUT2D eigenvalue weighted by atomic mass is 10.1. The third kappa shape index (κ3) is 3.38. The van der Waals surface area contributed by atoms with Gasteiger partial charge in [0, 0.05) is 24.3 Å². The number of hydrogen-bond donors (Lipinski definition) is 1. The fraction of sp³-hybridized carbons (Fsp3) is 0.500. The van der Waals surface area contributed by atoms with Crippen LogP contribution in [0.4, 0.5) is 0 Å². The van der Waals surface area contributed by atoms with Gasteiger partial charge in [-0.15, -0.1) is 11.3 Å². The monoisotopic (exact) mass is 291 g/mol. The molecule has 1 aromatic carbocycles. The fourth-order valence-corrected chi connectivity index (χ4v) is 3.72. The molecule has 1 aromatic heterocycles. The minimum absolute atomic E-state index is 0.132. The van der Waals surface area contributed by atoms with E-state index in [4.69, 9.17) is 4.74 Å². The molecule has 0 aliphatic carbocycles. The summed E-state index contributed by atoms with van der Waals surface area (Å²) in [6.07, 6.45) is 1.75. The molecule has 1 saturated heterocycles. The van der Waals surface area contributed by atoms with E-state index in [2.05, 4.69) is 34.5 Å². The van der Waals surface area contributed by atoms with Crippen LogP contribution < -0.4 is 0 Å². The Bertz CT molecular complexity index is 554. The number of β-amino-alcohol motifs (C(OH)–C–C–N with tert-alkyl or cyclic N) is 1. The first-order valence-corrected chi connectivity index (χ1v) is 8.14. The van der Waals surface area contributed by atoms with Gasteiger partial charge in [-0.2, -0.15) is 0 Å². The highest BCUT2D eigenvalue weighted by Gasteiger charge is 2.19. The lowest BCUT2D eigenvalue weighted by Crippen LogP contribution is -2.26. The van der Waals surface area contributed by atoms with Gasteiger partial charge in [0.15, 0.2) is 0 Å². The summed E-state index contributed by atoms with van der Waals surface area (Å²) in [6.45, 7) is 4.27. The van der Waals surface area contributed by atoms with Crippen molar-refractivity contribution in [1.82, 2.24) is 4.90 Å². The Kier molecular flexibility index (Phi) is 4.68. The summed E-state index contributed by atoms with van der Waals surface area (Å²) in [7, 11) is 0. The van der Waals surface area contributed by atoms with Gasteiger partial charge in [-0.1, -0.05) is 18.2 Å². The van der Waals surface area contributed by atoms with E-state index in [0.29, 0.717) is 0 Å². The lowest BCUT2D eigenvalue weighted by molar-refractivity contribution is 0.107. The zero-order valence-electron chi connectivity index (χ0n) is 11.6. The first kappa shape index (κ1) is 14.0. The molecule has 3 nitrogen and oxygen atoms in total. The van der Waals surface area contributed by atoms with Crippen LogP contribution in [0.5, 0.6) is 0 Å². The van der Waals surface area contributed by atoms with Crippen molar-refractivity contribution in [2.75, 3.05) is 32.8 Å². The molecule has 0 saturated carbocycles. The minimum Gasteiger partial charge on any atom is -0.392 e. The van der Waals surface area contributed by atoms with Gasteiger partial charge in [-0.05, 0) is 35.2 Å². The van der Waals surface area contributed by atoms with Gasteiger partial charge in [-0.25, -0.2) is 0 Å². The van der Waals surface area contributed by atoms with Crippen LogP contribution in [0.3, 0.4) is 0 Å². The van der Waals surface area contributed by atoms with Gasteiger partial charge in [0.25, 0.3) is 0 Å². The Balaban J connectivity index is 1.39. The lowest BCUT2D eigenvalue weighted by Gasteiger charge is -2.14. The maximum Gasteiger partial charge on any atom is 0.0679 e. The van der Waals surface area contributed by atoms with Crippen LogP contribution in [-0.2, 0) is 11.2 Å². The number of ether oxygens (including phenoxy) is 1. The SMILES string of the molecule is OC1CCN(CCOCCc2csc3ccccc23)C1. The molecule has 4 heteroatoms. The quantitative estimate of drug-likeness (QED) is 0.830. The highest BCUT2D eigenvalue weighted by atomic mass is 32.1. The van der Waals surface area contributed by atoms with E-state index in [0.717, 1.165) is 45.7 Å². The van der Waals surface area contributed by atoms with Gasteiger partial charge < -0.3 is 9.84 Å². The molecule has 20 heavy (non-hydrogen) atoms. The van der Waals surface area contributed by atoms with E-state index < -0.39 is 0 Å². The standard InChI is InChI=1S/C16H21NO2S/c18-14-5-7-17(11-14)8-10-19-9-6-13-12-20-16-4-2-1-3-15(13)16/h1-4,12,14,18H,5-11H2. The molecule has 108 valence electrons. The molecule has 1 unspecified atom stereocenters. The van der Waals surface area contributed by atoms with Gasteiger partial charge in [0.1, 0.15) is 0 Å². The second kappa shape index (κ2) is 6.68. The van der Waals surface area contributed by atoms with E-state index in [-0.39, 0.29) is 6.10 Å². The predicted octanol–water partition coefficient (Wildman–Crippen LogP) is 2.53. The van der Waals surface area contributed by atoms with Gasteiger partial charge in [0.2, 0.25) is 0 Å². The summed E-state index contributed by atoms with van der Waals surface area (Å²) in [5, 5.41) is 13.1. The first-order chi connectivity index (χ1) is 9.83. The molecule has 2 heterocycles. The summed E-state index contributed by atoms with van der Waals surface area (Å²) in [5.74, 6) is 0. The second-order valence-electron chi connectivity index (χ2n) is 5.36. The number of aliphatic hydroxyl groups is 1. The normalized spacial score (nSPS) is 19.9. The maximum atomic E-state index is 9.45. The fourth-order valence-electron chi connectivity index (χ4n) is 2.72. The van der Waals surface area contributed by atoms with Crippen molar-refractivity contribution >= 4 is 21.4 Å². The average Bonchev–Trinajstić information content (AvgIpc) is 3.05. The molecule has 0 bridgehead atoms. The number of rotatable bonds is 6. The molecule has 3 rings (SSSR count). The van der Waals surface area contributed by atoms with E-state index in [1.165, 1.54) is 15.6 Å². The number of aliphatic hydroxyl groups excluding tert-OH is 1. The van der Waals surface area contributed by atoms with Crippen molar-refractivity contribution in [2.24, 2.45) is 0 Å². The van der Waals surface area contributed by atoms with E-state index in [1.807, 2.05) is 0 Å². The second-order valence-corrected chi connectivity index (χ2v) is 6.27. The maximum absolute atomic E-state index is 9.45. The smallest absolute Gasteiger partial charge is 0.0679 e. The molecule has 0 amide bonds. The Labute approximate surface area is 123 Å². The average molecular weight is 291 g/mol. The molecule has 0 spiro atoms. The van der Waals surface area contributed by atoms with Crippen LogP contribution in [0.1, 0.15) is 12.0 Å². The van der Waals surface area contributed by atoms with Gasteiger partial charge in [-0.3, -0.25) is 4.90 Å². The molecule has 0 radical (unpaired) electrons. The minimum atomic E-state index is -0.132. The van der Waals surface area contributed by atoms with Crippen molar-refractivity contribution < 1.29 is 9.84 Å². The van der Waals surface area contributed by atoms with Crippen molar-refractivity contribution in [1.29, 1.82) is 0 Å². The van der Waals surface area contributed by atoms with Crippen LogP contribution >= 0.6 is 11.3 Å². The molecule has 1 N–H and O–H groups in total. The van der Waals surface area contributed by atoms with Crippen LogP contribution in [0.25, 0.3) is 10.1 Å². The largest absolute Gasteiger partial charge is 0.392 e. The summed E-state index contributed by atoms with van der Waals surface area (Å²) >= 11 is 1.81.